The van der Waals surface area contributed by atoms with Crippen LogP contribution < -0.4 is 18.9 Å². The third-order valence-electron chi connectivity index (χ3n) is 8.06. The van der Waals surface area contributed by atoms with Gasteiger partial charge in [-0.15, -0.1) is 0 Å². The van der Waals surface area contributed by atoms with Crippen LogP contribution >= 0.6 is 0 Å². The summed E-state index contributed by atoms with van der Waals surface area (Å²) < 4.78 is 33.1. The van der Waals surface area contributed by atoms with E-state index in [0.29, 0.717) is 40.1 Å². The highest BCUT2D eigenvalue weighted by atomic mass is 16.6. The van der Waals surface area contributed by atoms with E-state index in [9.17, 15) is 0 Å². The van der Waals surface area contributed by atoms with Crippen LogP contribution in [-0.2, 0) is 0 Å². The summed E-state index contributed by atoms with van der Waals surface area (Å²) in [5, 5.41) is 1.81. The lowest BCUT2D eigenvalue weighted by Gasteiger charge is -2.27. The lowest BCUT2D eigenvalue weighted by atomic mass is 10.0. The first-order chi connectivity index (χ1) is 20.6. The van der Waals surface area contributed by atoms with Gasteiger partial charge < -0.3 is 23.4 Å². The maximum Gasteiger partial charge on any atom is 0.213 e. The first kappa shape index (κ1) is 27.0. The van der Waals surface area contributed by atoms with Crippen LogP contribution in [0.3, 0.4) is 0 Å². The minimum Gasteiger partial charge on any atom is -0.453 e. The molecule has 5 nitrogen and oxygen atoms in total. The minimum atomic E-state index is 0.579. The fraction of sp³-hybridized carbons (Fsp3) is 0.211. The van der Waals surface area contributed by atoms with Gasteiger partial charge in [-0.1, -0.05) is 24.3 Å². The second kappa shape index (κ2) is 9.84. The number of rotatable bonds is 4. The summed E-state index contributed by atoms with van der Waals surface area (Å²) in [7, 11) is 0. The van der Waals surface area contributed by atoms with Gasteiger partial charge in [0.15, 0.2) is 34.3 Å². The number of hydrogen-bond donors (Lipinski definition) is 0. The highest BCUT2D eigenvalue weighted by Crippen LogP contribution is 2.58. The van der Waals surface area contributed by atoms with Gasteiger partial charge >= 0.3 is 0 Å². The molecule has 6 aromatic rings. The monoisotopic (exact) mass is 570 g/mol. The lowest BCUT2D eigenvalue weighted by molar-refractivity contribution is 0.339. The number of benzene rings is 5. The van der Waals surface area contributed by atoms with E-state index in [2.05, 4.69) is 52.0 Å². The molecule has 0 saturated carbocycles. The summed E-state index contributed by atoms with van der Waals surface area (Å²) in [6.07, 6.45) is 0. The second-order valence-electron chi connectivity index (χ2n) is 11.9. The molecule has 0 atom stereocenters. The van der Waals surface area contributed by atoms with Gasteiger partial charge in [-0.3, -0.25) is 0 Å². The molecule has 0 aliphatic carbocycles. The second-order valence-corrected chi connectivity index (χ2v) is 11.9. The molecule has 0 spiro atoms. The van der Waals surface area contributed by atoms with E-state index < -0.39 is 0 Å². The van der Waals surface area contributed by atoms with Gasteiger partial charge in [-0.25, -0.2) is 0 Å². The van der Waals surface area contributed by atoms with Crippen LogP contribution in [-0.4, -0.2) is 0 Å². The Labute approximate surface area is 251 Å². The van der Waals surface area contributed by atoms with Crippen LogP contribution in [0.2, 0.25) is 0 Å². The lowest BCUT2D eigenvalue weighted by Crippen LogP contribution is -2.05. The molecule has 0 saturated heterocycles. The Balaban J connectivity index is 1.41. The Hall–Kier alpha value is -4.90. The van der Waals surface area contributed by atoms with Crippen LogP contribution in [0.5, 0.6) is 46.0 Å². The van der Waals surface area contributed by atoms with Crippen molar-refractivity contribution in [3.05, 3.63) is 105 Å². The normalized spacial score (nSPS) is 12.1. The molecule has 0 unspecified atom stereocenters. The average molecular weight is 571 g/mol. The first-order valence-corrected chi connectivity index (χ1v) is 14.6. The quantitative estimate of drug-likeness (QED) is 0.211. The molecule has 0 N–H and O–H groups in total. The van der Waals surface area contributed by atoms with Crippen molar-refractivity contribution in [3.63, 3.8) is 0 Å². The van der Waals surface area contributed by atoms with Crippen molar-refractivity contribution in [1.29, 1.82) is 0 Å². The van der Waals surface area contributed by atoms with E-state index in [-0.39, 0.29) is 0 Å². The zero-order chi connectivity index (χ0) is 30.2. The molecule has 5 aromatic carbocycles. The summed E-state index contributed by atoms with van der Waals surface area (Å²) in [5.41, 5.74) is 9.72. The van der Waals surface area contributed by atoms with Crippen molar-refractivity contribution < 1.29 is 23.4 Å². The van der Waals surface area contributed by atoms with Gasteiger partial charge in [0, 0.05) is 5.39 Å². The number of fused-ring (bicyclic) bond motifs is 6. The fourth-order valence-electron chi connectivity index (χ4n) is 6.23. The highest BCUT2D eigenvalue weighted by Gasteiger charge is 2.32. The van der Waals surface area contributed by atoms with Crippen LogP contribution in [0, 0.1) is 55.4 Å². The molecular weight excluding hydrogens is 536 g/mol. The molecule has 0 radical (unpaired) electrons. The third-order valence-corrected chi connectivity index (χ3v) is 8.06. The van der Waals surface area contributed by atoms with Crippen LogP contribution in [0.15, 0.2) is 65.1 Å². The highest BCUT2D eigenvalue weighted by molar-refractivity contribution is 6.13. The minimum absolute atomic E-state index is 0.579. The molecule has 5 heteroatoms. The Morgan fingerprint density at radius 1 is 0.465 bits per heavy atom. The predicted octanol–water partition coefficient (Wildman–Crippen LogP) is 11.5. The third kappa shape index (κ3) is 4.47. The van der Waals surface area contributed by atoms with Crippen LogP contribution in [0.1, 0.15) is 44.5 Å². The van der Waals surface area contributed by atoms with Gasteiger partial charge in [0.1, 0.15) is 17.1 Å². The Morgan fingerprint density at radius 2 is 1.07 bits per heavy atom. The molecule has 0 amide bonds. The summed E-state index contributed by atoms with van der Waals surface area (Å²) in [4.78, 5) is 0. The maximum atomic E-state index is 6.80. The van der Waals surface area contributed by atoms with E-state index in [0.717, 1.165) is 72.4 Å². The molecule has 43 heavy (non-hydrogen) atoms. The van der Waals surface area contributed by atoms with E-state index in [1.807, 2.05) is 64.1 Å². The molecule has 7 rings (SSSR count). The standard InChI is InChI=1S/C38H34O5/c1-19-10-9-11-27(13-19)39-32-23(5)16-22(4)30-31-29(41-36(30)32)18-26(8)33-37(31)42-35-25(7)17-24(6)34(38(35)43-33)40-28-14-20(2)12-21(3)15-28/h9-18H,1-8H3. The van der Waals surface area contributed by atoms with E-state index in [1.165, 1.54) is 0 Å². The number of hydrogen-bond acceptors (Lipinski definition) is 5. The largest absolute Gasteiger partial charge is 0.453 e. The summed E-state index contributed by atoms with van der Waals surface area (Å²) in [6, 6.07) is 20.5. The number of furan rings is 1. The number of ether oxygens (including phenoxy) is 4. The van der Waals surface area contributed by atoms with E-state index in [1.54, 1.807) is 0 Å². The van der Waals surface area contributed by atoms with Crippen molar-refractivity contribution in [2.24, 2.45) is 0 Å². The van der Waals surface area contributed by atoms with Crippen molar-refractivity contribution in [2.45, 2.75) is 55.4 Å². The van der Waals surface area contributed by atoms with Gasteiger partial charge in [0.05, 0.1) is 5.39 Å². The molecule has 2 heterocycles. The summed E-state index contributed by atoms with van der Waals surface area (Å²) >= 11 is 0. The number of aryl methyl sites for hydroxylation is 8. The maximum absolute atomic E-state index is 6.80. The van der Waals surface area contributed by atoms with Gasteiger partial charge in [0.2, 0.25) is 5.75 Å². The van der Waals surface area contributed by atoms with Gasteiger partial charge in [0.25, 0.3) is 0 Å². The SMILES string of the molecule is Cc1cc(C)cc(Oc2c(C)cc(C)c3c2Oc2c(C)cc4oc5c(Oc6cccc(C)c6)c(C)cc(C)c5c4c2O3)c1. The first-order valence-electron chi connectivity index (χ1n) is 14.6. The molecule has 1 aromatic heterocycles. The zero-order valence-corrected chi connectivity index (χ0v) is 25.8. The summed E-state index contributed by atoms with van der Waals surface area (Å²) in [6.45, 7) is 16.4. The van der Waals surface area contributed by atoms with Crippen molar-refractivity contribution in [3.8, 4) is 46.0 Å². The predicted molar refractivity (Wildman–Crippen MR) is 171 cm³/mol. The molecule has 1 aliphatic rings. The topological polar surface area (TPSA) is 50.1 Å². The van der Waals surface area contributed by atoms with Crippen LogP contribution in [0.4, 0.5) is 0 Å². The van der Waals surface area contributed by atoms with E-state index >= 15 is 0 Å². The zero-order valence-electron chi connectivity index (χ0n) is 25.8. The van der Waals surface area contributed by atoms with Crippen molar-refractivity contribution >= 4 is 21.9 Å². The molecule has 0 bridgehead atoms. The smallest absolute Gasteiger partial charge is 0.213 e. The Morgan fingerprint density at radius 3 is 1.81 bits per heavy atom. The average Bonchev–Trinajstić information content (AvgIpc) is 3.32. The Bertz CT molecular complexity index is 2090. The summed E-state index contributed by atoms with van der Waals surface area (Å²) in [5.74, 6) is 5.38. The Kier molecular flexibility index (Phi) is 6.17. The molecular formula is C38H34O5. The molecule has 1 aliphatic heterocycles. The van der Waals surface area contributed by atoms with Crippen LogP contribution in [0.25, 0.3) is 21.9 Å². The van der Waals surface area contributed by atoms with Gasteiger partial charge in [-0.05, 0) is 136 Å². The van der Waals surface area contributed by atoms with Crippen molar-refractivity contribution in [1.82, 2.24) is 0 Å². The fourth-order valence-corrected chi connectivity index (χ4v) is 6.23. The molecule has 216 valence electrons. The van der Waals surface area contributed by atoms with Gasteiger partial charge in [-0.2, -0.15) is 0 Å². The van der Waals surface area contributed by atoms with E-state index in [4.69, 9.17) is 23.4 Å². The van der Waals surface area contributed by atoms with Crippen molar-refractivity contribution in [2.75, 3.05) is 0 Å². The molecule has 0 fully saturated rings.